The fourth-order valence-corrected chi connectivity index (χ4v) is 3.30. The third-order valence-corrected chi connectivity index (χ3v) is 5.24. The van der Waals surface area contributed by atoms with E-state index in [2.05, 4.69) is 15.9 Å². The quantitative estimate of drug-likeness (QED) is 0.726. The van der Waals surface area contributed by atoms with Crippen LogP contribution in [0.1, 0.15) is 5.56 Å². The van der Waals surface area contributed by atoms with Gasteiger partial charge in [0, 0.05) is 26.2 Å². The van der Waals surface area contributed by atoms with E-state index < -0.39 is 0 Å². The van der Waals surface area contributed by atoms with Crippen molar-refractivity contribution in [3.05, 3.63) is 57.5 Å². The Morgan fingerprint density at radius 3 is 2.62 bits per heavy atom. The number of ether oxygens (including phenoxy) is 1. The highest BCUT2D eigenvalue weighted by atomic mass is 79.9. The van der Waals surface area contributed by atoms with Gasteiger partial charge in [-0.3, -0.25) is 0 Å². The van der Waals surface area contributed by atoms with Crippen LogP contribution in [0, 0.1) is 0 Å². The van der Waals surface area contributed by atoms with Gasteiger partial charge >= 0.3 is 0 Å². The SMILES string of the molecule is COc1ccc(Br)c(CC(N)CSc2ccc(Cl)cc2)c1. The van der Waals surface area contributed by atoms with Crippen molar-refractivity contribution in [2.45, 2.75) is 17.4 Å². The molecule has 0 saturated heterocycles. The van der Waals surface area contributed by atoms with Crippen molar-refractivity contribution in [1.82, 2.24) is 0 Å². The Balaban J connectivity index is 1.92. The standard InChI is InChI=1S/C16H17BrClNOS/c1-20-14-4-7-16(17)11(9-14)8-13(19)10-21-15-5-2-12(18)3-6-15/h2-7,9,13H,8,10,19H2,1H3. The number of thioether (sulfide) groups is 1. The first-order valence-corrected chi connectivity index (χ1v) is 8.70. The van der Waals surface area contributed by atoms with Gasteiger partial charge in [-0.2, -0.15) is 0 Å². The van der Waals surface area contributed by atoms with Gasteiger partial charge in [-0.25, -0.2) is 0 Å². The Labute approximate surface area is 143 Å². The summed E-state index contributed by atoms with van der Waals surface area (Å²) in [7, 11) is 1.67. The Morgan fingerprint density at radius 2 is 1.95 bits per heavy atom. The summed E-state index contributed by atoms with van der Waals surface area (Å²) in [5.41, 5.74) is 7.40. The molecule has 1 atom stereocenters. The lowest BCUT2D eigenvalue weighted by molar-refractivity contribution is 0.414. The third kappa shape index (κ3) is 5.22. The summed E-state index contributed by atoms with van der Waals surface area (Å²) < 4.78 is 6.32. The summed E-state index contributed by atoms with van der Waals surface area (Å²) in [6, 6.07) is 13.9. The molecular formula is C16H17BrClNOS. The number of methoxy groups -OCH3 is 1. The van der Waals surface area contributed by atoms with Crippen LogP contribution in [-0.2, 0) is 6.42 Å². The normalized spacial score (nSPS) is 12.2. The highest BCUT2D eigenvalue weighted by Gasteiger charge is 2.09. The van der Waals surface area contributed by atoms with E-state index >= 15 is 0 Å². The van der Waals surface area contributed by atoms with Crippen molar-refractivity contribution < 1.29 is 4.74 Å². The van der Waals surface area contributed by atoms with Crippen molar-refractivity contribution in [1.29, 1.82) is 0 Å². The monoisotopic (exact) mass is 385 g/mol. The molecule has 0 aliphatic heterocycles. The van der Waals surface area contributed by atoms with Gasteiger partial charge in [-0.1, -0.05) is 27.5 Å². The first kappa shape index (κ1) is 16.7. The van der Waals surface area contributed by atoms with Crippen LogP contribution in [0.3, 0.4) is 0 Å². The molecule has 0 heterocycles. The summed E-state index contributed by atoms with van der Waals surface area (Å²) in [6.45, 7) is 0. The average Bonchev–Trinajstić information content (AvgIpc) is 2.49. The van der Waals surface area contributed by atoms with Crippen molar-refractivity contribution in [3.63, 3.8) is 0 Å². The lowest BCUT2D eigenvalue weighted by Crippen LogP contribution is -2.25. The average molecular weight is 387 g/mol. The first-order valence-electron chi connectivity index (χ1n) is 6.55. The molecule has 0 aliphatic carbocycles. The molecule has 0 bridgehead atoms. The molecule has 21 heavy (non-hydrogen) atoms. The van der Waals surface area contributed by atoms with Crippen molar-refractivity contribution >= 4 is 39.3 Å². The van der Waals surface area contributed by atoms with Gasteiger partial charge in [0.05, 0.1) is 7.11 Å². The Hall–Kier alpha value is -0.680. The fourth-order valence-electron chi connectivity index (χ4n) is 1.91. The lowest BCUT2D eigenvalue weighted by atomic mass is 10.1. The summed E-state index contributed by atoms with van der Waals surface area (Å²) in [5.74, 6) is 1.71. The minimum atomic E-state index is 0.0779. The van der Waals surface area contributed by atoms with Crippen LogP contribution in [0.15, 0.2) is 51.8 Å². The van der Waals surface area contributed by atoms with Gasteiger partial charge in [0.1, 0.15) is 5.75 Å². The van der Waals surface area contributed by atoms with Gasteiger partial charge in [0.15, 0.2) is 0 Å². The largest absolute Gasteiger partial charge is 0.497 e. The number of hydrogen-bond acceptors (Lipinski definition) is 3. The van der Waals surface area contributed by atoms with E-state index in [4.69, 9.17) is 22.1 Å². The van der Waals surface area contributed by atoms with E-state index in [1.807, 2.05) is 42.5 Å². The van der Waals surface area contributed by atoms with E-state index in [1.165, 1.54) is 10.5 Å². The van der Waals surface area contributed by atoms with E-state index in [0.717, 1.165) is 27.4 Å². The van der Waals surface area contributed by atoms with Crippen LogP contribution >= 0.6 is 39.3 Å². The second-order valence-electron chi connectivity index (χ2n) is 4.69. The predicted molar refractivity (Wildman–Crippen MR) is 94.5 cm³/mol. The maximum atomic E-state index is 6.24. The minimum Gasteiger partial charge on any atom is -0.497 e. The molecule has 1 unspecified atom stereocenters. The maximum Gasteiger partial charge on any atom is 0.119 e. The Kier molecular flexibility index (Phi) is 6.42. The molecule has 2 aromatic carbocycles. The second-order valence-corrected chi connectivity index (χ2v) is 7.07. The second kappa shape index (κ2) is 8.08. The third-order valence-electron chi connectivity index (χ3n) is 3.01. The molecule has 112 valence electrons. The number of rotatable bonds is 6. The zero-order chi connectivity index (χ0) is 15.2. The summed E-state index contributed by atoms with van der Waals surface area (Å²) in [4.78, 5) is 1.18. The van der Waals surface area contributed by atoms with Gasteiger partial charge in [-0.15, -0.1) is 11.8 Å². The number of nitrogens with two attached hydrogens (primary N) is 1. The van der Waals surface area contributed by atoms with Gasteiger partial charge in [-0.05, 0) is 54.4 Å². The van der Waals surface area contributed by atoms with Crippen LogP contribution in [0.4, 0.5) is 0 Å². The molecule has 0 aromatic heterocycles. The molecule has 0 radical (unpaired) electrons. The molecule has 0 fully saturated rings. The zero-order valence-corrected chi connectivity index (χ0v) is 14.8. The molecule has 2 aromatic rings. The molecule has 0 aliphatic rings. The van der Waals surface area contributed by atoms with Crippen LogP contribution in [0.25, 0.3) is 0 Å². The van der Waals surface area contributed by atoms with Crippen LogP contribution in [-0.4, -0.2) is 18.9 Å². The molecular weight excluding hydrogens is 370 g/mol. The molecule has 0 saturated carbocycles. The van der Waals surface area contributed by atoms with Gasteiger partial charge in [0.25, 0.3) is 0 Å². The predicted octanol–water partition coefficient (Wildman–Crippen LogP) is 4.77. The molecule has 2 rings (SSSR count). The Morgan fingerprint density at radius 1 is 1.24 bits per heavy atom. The highest BCUT2D eigenvalue weighted by Crippen LogP contribution is 2.25. The number of halogens is 2. The molecule has 2 N–H and O–H groups in total. The number of hydrogen-bond donors (Lipinski definition) is 1. The molecule has 5 heteroatoms. The van der Waals surface area contributed by atoms with E-state index in [9.17, 15) is 0 Å². The van der Waals surface area contributed by atoms with E-state index in [0.29, 0.717) is 0 Å². The van der Waals surface area contributed by atoms with Crippen molar-refractivity contribution in [3.8, 4) is 5.75 Å². The van der Waals surface area contributed by atoms with Gasteiger partial charge in [0.2, 0.25) is 0 Å². The zero-order valence-electron chi connectivity index (χ0n) is 11.7. The fraction of sp³-hybridized carbons (Fsp3) is 0.250. The van der Waals surface area contributed by atoms with Crippen molar-refractivity contribution in [2.75, 3.05) is 12.9 Å². The topological polar surface area (TPSA) is 35.2 Å². The lowest BCUT2D eigenvalue weighted by Gasteiger charge is -2.13. The van der Waals surface area contributed by atoms with Gasteiger partial charge < -0.3 is 10.5 Å². The Bertz CT molecular complexity index is 591. The summed E-state index contributed by atoms with van der Waals surface area (Å²) >= 11 is 11.2. The molecule has 2 nitrogen and oxygen atoms in total. The smallest absolute Gasteiger partial charge is 0.119 e. The van der Waals surface area contributed by atoms with E-state index in [-0.39, 0.29) is 6.04 Å². The number of benzene rings is 2. The van der Waals surface area contributed by atoms with Crippen molar-refractivity contribution in [2.24, 2.45) is 5.73 Å². The minimum absolute atomic E-state index is 0.0779. The van der Waals surface area contributed by atoms with Crippen LogP contribution in [0.2, 0.25) is 5.02 Å². The molecule has 0 spiro atoms. The van der Waals surface area contributed by atoms with Crippen LogP contribution < -0.4 is 10.5 Å². The summed E-state index contributed by atoms with van der Waals surface area (Å²) in [5, 5.41) is 0.754. The maximum absolute atomic E-state index is 6.24. The summed E-state index contributed by atoms with van der Waals surface area (Å²) in [6.07, 6.45) is 0.804. The highest BCUT2D eigenvalue weighted by molar-refractivity contribution is 9.10. The van der Waals surface area contributed by atoms with E-state index in [1.54, 1.807) is 18.9 Å². The molecule has 0 amide bonds. The first-order chi connectivity index (χ1) is 10.1. The van der Waals surface area contributed by atoms with Crippen LogP contribution in [0.5, 0.6) is 5.75 Å².